The molecule has 0 aliphatic carbocycles. The minimum Gasteiger partial charge on any atom is -0.493 e. The van der Waals surface area contributed by atoms with Crippen LogP contribution in [0.3, 0.4) is 0 Å². The van der Waals surface area contributed by atoms with Crippen molar-refractivity contribution in [2.75, 3.05) is 20.3 Å². The Hall–Kier alpha value is -1.42. The Morgan fingerprint density at radius 1 is 1.44 bits per heavy atom. The molecule has 0 spiro atoms. The van der Waals surface area contributed by atoms with Crippen molar-refractivity contribution in [1.29, 1.82) is 0 Å². The van der Waals surface area contributed by atoms with E-state index in [9.17, 15) is 4.79 Å². The molecule has 1 amide bonds. The molecule has 0 aliphatic heterocycles. The van der Waals surface area contributed by atoms with E-state index in [-0.39, 0.29) is 5.91 Å². The van der Waals surface area contributed by atoms with Crippen LogP contribution in [0.4, 0.5) is 0 Å². The lowest BCUT2D eigenvalue weighted by atomic mass is 10.2. The summed E-state index contributed by atoms with van der Waals surface area (Å²) in [6.07, 6.45) is 0. The summed E-state index contributed by atoms with van der Waals surface area (Å²) >= 11 is 5.62. The Balaban J connectivity index is 2.42. The molecule has 0 aliphatic rings. The third-order valence-electron chi connectivity index (χ3n) is 2.34. The molecule has 1 atom stereocenters. The van der Waals surface area contributed by atoms with E-state index in [1.165, 1.54) is 0 Å². The fourth-order valence-corrected chi connectivity index (χ4v) is 1.45. The number of methoxy groups -OCH3 is 1. The summed E-state index contributed by atoms with van der Waals surface area (Å²) in [7, 11) is 1.60. The Morgan fingerprint density at radius 2 is 2.17 bits per heavy atom. The second-order valence-electron chi connectivity index (χ2n) is 3.91. The van der Waals surface area contributed by atoms with E-state index in [1.54, 1.807) is 14.0 Å². The Bertz CT molecular complexity index is 407. The van der Waals surface area contributed by atoms with Crippen LogP contribution in [-0.2, 0) is 4.79 Å². The Labute approximate surface area is 112 Å². The molecule has 100 valence electrons. The van der Waals surface area contributed by atoms with Crippen molar-refractivity contribution >= 4 is 17.5 Å². The zero-order valence-electron chi connectivity index (χ0n) is 10.8. The lowest BCUT2D eigenvalue weighted by Gasteiger charge is -2.12. The smallest absolute Gasteiger partial charge is 0.237 e. The van der Waals surface area contributed by atoms with Crippen molar-refractivity contribution in [3.63, 3.8) is 0 Å². The SMILES string of the molecule is COc1cc(C)ccc1OCCNC(=O)C(C)Cl. The lowest BCUT2D eigenvalue weighted by Crippen LogP contribution is -2.32. The fourth-order valence-electron chi connectivity index (χ4n) is 1.37. The molecular formula is C13H18ClNO3. The molecule has 1 N–H and O–H groups in total. The normalized spacial score (nSPS) is 11.8. The van der Waals surface area contributed by atoms with Crippen LogP contribution in [0.1, 0.15) is 12.5 Å². The molecule has 0 radical (unpaired) electrons. The average molecular weight is 272 g/mol. The summed E-state index contributed by atoms with van der Waals surface area (Å²) < 4.78 is 10.7. The van der Waals surface area contributed by atoms with Crippen LogP contribution in [0.2, 0.25) is 0 Å². The van der Waals surface area contributed by atoms with E-state index in [1.807, 2.05) is 25.1 Å². The first-order valence-electron chi connectivity index (χ1n) is 5.74. The molecule has 5 heteroatoms. The van der Waals surface area contributed by atoms with Gasteiger partial charge >= 0.3 is 0 Å². The Kier molecular flexibility index (Phi) is 5.78. The van der Waals surface area contributed by atoms with Gasteiger partial charge in [-0.2, -0.15) is 0 Å². The second kappa shape index (κ2) is 7.11. The third kappa shape index (κ3) is 4.45. The predicted molar refractivity (Wildman–Crippen MR) is 71.6 cm³/mol. The number of hydrogen-bond acceptors (Lipinski definition) is 3. The number of halogens is 1. The maximum atomic E-state index is 11.2. The maximum Gasteiger partial charge on any atom is 0.237 e. The molecular weight excluding hydrogens is 254 g/mol. The molecule has 0 fully saturated rings. The van der Waals surface area contributed by atoms with Crippen LogP contribution < -0.4 is 14.8 Å². The highest BCUT2D eigenvalue weighted by Crippen LogP contribution is 2.27. The first-order valence-corrected chi connectivity index (χ1v) is 6.17. The van der Waals surface area contributed by atoms with Crippen LogP contribution in [0.5, 0.6) is 11.5 Å². The van der Waals surface area contributed by atoms with Crippen LogP contribution in [0, 0.1) is 6.92 Å². The number of carbonyl (C=O) groups is 1. The molecule has 0 heterocycles. The van der Waals surface area contributed by atoms with Crippen LogP contribution >= 0.6 is 11.6 Å². The van der Waals surface area contributed by atoms with Gasteiger partial charge in [-0.05, 0) is 31.5 Å². The van der Waals surface area contributed by atoms with E-state index in [0.717, 1.165) is 5.56 Å². The summed E-state index contributed by atoms with van der Waals surface area (Å²) in [5.74, 6) is 1.15. The van der Waals surface area contributed by atoms with Crippen molar-refractivity contribution in [1.82, 2.24) is 5.32 Å². The topological polar surface area (TPSA) is 47.6 Å². The number of hydrogen-bond donors (Lipinski definition) is 1. The number of aryl methyl sites for hydroxylation is 1. The summed E-state index contributed by atoms with van der Waals surface area (Å²) in [5.41, 5.74) is 1.10. The van der Waals surface area contributed by atoms with Crippen molar-refractivity contribution in [3.05, 3.63) is 23.8 Å². The minimum atomic E-state index is -0.529. The summed E-state index contributed by atoms with van der Waals surface area (Å²) in [6, 6.07) is 5.69. The zero-order valence-corrected chi connectivity index (χ0v) is 11.6. The van der Waals surface area contributed by atoms with Crippen molar-refractivity contribution in [3.8, 4) is 11.5 Å². The zero-order chi connectivity index (χ0) is 13.5. The van der Waals surface area contributed by atoms with Crippen LogP contribution in [0.15, 0.2) is 18.2 Å². The van der Waals surface area contributed by atoms with Gasteiger partial charge in [0.15, 0.2) is 11.5 Å². The molecule has 18 heavy (non-hydrogen) atoms. The lowest BCUT2D eigenvalue weighted by molar-refractivity contribution is -0.120. The Morgan fingerprint density at radius 3 is 2.78 bits per heavy atom. The largest absolute Gasteiger partial charge is 0.493 e. The fraction of sp³-hybridized carbons (Fsp3) is 0.462. The molecule has 1 rings (SSSR count). The first kappa shape index (κ1) is 14.6. The molecule has 0 saturated heterocycles. The molecule has 0 bridgehead atoms. The number of nitrogens with one attached hydrogen (secondary N) is 1. The van der Waals surface area contributed by atoms with Crippen LogP contribution in [-0.4, -0.2) is 31.5 Å². The van der Waals surface area contributed by atoms with E-state index in [0.29, 0.717) is 24.7 Å². The van der Waals surface area contributed by atoms with E-state index in [4.69, 9.17) is 21.1 Å². The van der Waals surface area contributed by atoms with Gasteiger partial charge < -0.3 is 14.8 Å². The molecule has 0 aromatic heterocycles. The van der Waals surface area contributed by atoms with Crippen molar-refractivity contribution in [2.24, 2.45) is 0 Å². The molecule has 1 unspecified atom stereocenters. The first-order chi connectivity index (χ1) is 8.54. The van der Waals surface area contributed by atoms with Gasteiger partial charge in [0.2, 0.25) is 5.91 Å². The highest BCUT2D eigenvalue weighted by atomic mass is 35.5. The van der Waals surface area contributed by atoms with Crippen LogP contribution in [0.25, 0.3) is 0 Å². The number of alkyl halides is 1. The summed E-state index contributed by atoms with van der Waals surface area (Å²) in [5, 5.41) is 2.14. The van der Waals surface area contributed by atoms with Gasteiger partial charge in [0.1, 0.15) is 12.0 Å². The maximum absolute atomic E-state index is 11.2. The molecule has 1 aromatic rings. The highest BCUT2D eigenvalue weighted by molar-refractivity contribution is 6.30. The highest BCUT2D eigenvalue weighted by Gasteiger charge is 2.08. The number of rotatable bonds is 6. The molecule has 1 aromatic carbocycles. The number of benzene rings is 1. The number of ether oxygens (including phenoxy) is 2. The predicted octanol–water partition coefficient (Wildman–Crippen LogP) is 2.13. The monoisotopic (exact) mass is 271 g/mol. The quantitative estimate of drug-likeness (QED) is 0.637. The minimum absolute atomic E-state index is 0.198. The van der Waals surface area contributed by atoms with E-state index in [2.05, 4.69) is 5.32 Å². The average Bonchev–Trinajstić information content (AvgIpc) is 2.35. The van der Waals surface area contributed by atoms with Gasteiger partial charge in [0, 0.05) is 0 Å². The van der Waals surface area contributed by atoms with Crippen molar-refractivity contribution < 1.29 is 14.3 Å². The summed E-state index contributed by atoms with van der Waals surface area (Å²) in [6.45, 7) is 4.39. The van der Waals surface area contributed by atoms with Gasteiger partial charge in [-0.1, -0.05) is 6.07 Å². The third-order valence-corrected chi connectivity index (χ3v) is 2.54. The molecule has 4 nitrogen and oxygen atoms in total. The summed E-state index contributed by atoms with van der Waals surface area (Å²) in [4.78, 5) is 11.2. The van der Waals surface area contributed by atoms with Gasteiger partial charge in [-0.3, -0.25) is 4.79 Å². The van der Waals surface area contributed by atoms with Gasteiger partial charge in [0.05, 0.1) is 13.7 Å². The second-order valence-corrected chi connectivity index (χ2v) is 4.56. The van der Waals surface area contributed by atoms with Gasteiger partial charge in [-0.25, -0.2) is 0 Å². The number of amides is 1. The van der Waals surface area contributed by atoms with Gasteiger partial charge in [-0.15, -0.1) is 11.6 Å². The van der Waals surface area contributed by atoms with Crippen molar-refractivity contribution in [2.45, 2.75) is 19.2 Å². The number of carbonyl (C=O) groups excluding carboxylic acids is 1. The van der Waals surface area contributed by atoms with E-state index >= 15 is 0 Å². The van der Waals surface area contributed by atoms with Gasteiger partial charge in [0.25, 0.3) is 0 Å². The molecule has 0 saturated carbocycles. The van der Waals surface area contributed by atoms with E-state index < -0.39 is 5.38 Å². The standard InChI is InChI=1S/C13H18ClNO3/c1-9-4-5-11(12(8-9)17-3)18-7-6-15-13(16)10(2)14/h4-5,8,10H,6-7H2,1-3H3,(H,15,16).